The van der Waals surface area contributed by atoms with Crippen LogP contribution in [-0.2, 0) is 0 Å². The molecular weight excluding hydrogens is 356 g/mol. The predicted octanol–water partition coefficient (Wildman–Crippen LogP) is 2.13. The van der Waals surface area contributed by atoms with Crippen molar-refractivity contribution in [2.45, 2.75) is 0 Å². The number of pyridine rings is 1. The largest absolute Gasteiger partial charge is 0.477 e. The SMILES string of the molecule is Nc1c(C(=O)O)sc2nccc(N3CCN(C(=O)c4ccco4)CC3)c12. The van der Waals surface area contributed by atoms with Crippen LogP contribution in [0.5, 0.6) is 0 Å². The van der Waals surface area contributed by atoms with Crippen molar-refractivity contribution in [3.05, 3.63) is 41.3 Å². The molecule has 1 amide bonds. The number of furan rings is 1. The average molecular weight is 372 g/mol. The Morgan fingerprint density at radius 3 is 2.65 bits per heavy atom. The summed E-state index contributed by atoms with van der Waals surface area (Å²) in [5.74, 6) is -0.846. The molecule has 0 aromatic carbocycles. The number of amides is 1. The van der Waals surface area contributed by atoms with E-state index in [1.807, 2.05) is 6.07 Å². The van der Waals surface area contributed by atoms with Crippen LogP contribution in [0.2, 0.25) is 0 Å². The van der Waals surface area contributed by atoms with Gasteiger partial charge in [-0.05, 0) is 18.2 Å². The number of anilines is 2. The summed E-state index contributed by atoms with van der Waals surface area (Å²) in [4.78, 5) is 32.5. The van der Waals surface area contributed by atoms with Gasteiger partial charge in [0.25, 0.3) is 5.91 Å². The van der Waals surface area contributed by atoms with Gasteiger partial charge in [-0.1, -0.05) is 0 Å². The van der Waals surface area contributed by atoms with Crippen LogP contribution in [0, 0.1) is 0 Å². The Morgan fingerprint density at radius 2 is 2.00 bits per heavy atom. The molecule has 0 spiro atoms. The van der Waals surface area contributed by atoms with Gasteiger partial charge in [0.2, 0.25) is 0 Å². The summed E-state index contributed by atoms with van der Waals surface area (Å²) in [5, 5.41) is 9.96. The van der Waals surface area contributed by atoms with E-state index >= 15 is 0 Å². The van der Waals surface area contributed by atoms with Crippen molar-refractivity contribution < 1.29 is 19.1 Å². The first-order valence-electron chi connectivity index (χ1n) is 8.04. The molecule has 9 heteroatoms. The fraction of sp³-hybridized carbons (Fsp3) is 0.235. The van der Waals surface area contributed by atoms with E-state index in [-0.39, 0.29) is 16.5 Å². The van der Waals surface area contributed by atoms with Gasteiger partial charge in [-0.3, -0.25) is 4.79 Å². The summed E-state index contributed by atoms with van der Waals surface area (Å²) in [6, 6.07) is 5.18. The maximum atomic E-state index is 12.4. The summed E-state index contributed by atoms with van der Waals surface area (Å²) in [5.41, 5.74) is 7.17. The minimum atomic E-state index is -1.05. The van der Waals surface area contributed by atoms with E-state index in [4.69, 9.17) is 10.2 Å². The number of thiophene rings is 1. The number of carbonyl (C=O) groups is 2. The van der Waals surface area contributed by atoms with Crippen molar-refractivity contribution in [2.24, 2.45) is 0 Å². The molecule has 0 atom stereocenters. The minimum Gasteiger partial charge on any atom is -0.477 e. The Bertz CT molecular complexity index is 974. The van der Waals surface area contributed by atoms with Gasteiger partial charge in [-0.25, -0.2) is 9.78 Å². The second-order valence-electron chi connectivity index (χ2n) is 5.92. The molecule has 8 nitrogen and oxygen atoms in total. The molecule has 26 heavy (non-hydrogen) atoms. The van der Waals surface area contributed by atoms with E-state index in [9.17, 15) is 14.7 Å². The highest BCUT2D eigenvalue weighted by molar-refractivity contribution is 7.21. The zero-order valence-electron chi connectivity index (χ0n) is 13.7. The number of nitrogens with two attached hydrogens (primary N) is 1. The van der Waals surface area contributed by atoms with E-state index < -0.39 is 5.97 Å². The Labute approximate surface area is 152 Å². The van der Waals surface area contributed by atoms with Crippen LogP contribution >= 0.6 is 11.3 Å². The van der Waals surface area contributed by atoms with E-state index in [1.165, 1.54) is 6.26 Å². The van der Waals surface area contributed by atoms with Crippen LogP contribution in [0.1, 0.15) is 20.2 Å². The lowest BCUT2D eigenvalue weighted by molar-refractivity contribution is 0.0698. The molecular formula is C17H16N4O4S. The molecule has 0 aliphatic carbocycles. The van der Waals surface area contributed by atoms with Crippen molar-refractivity contribution in [2.75, 3.05) is 36.8 Å². The fourth-order valence-electron chi connectivity index (χ4n) is 3.16. The first-order valence-corrected chi connectivity index (χ1v) is 8.86. The summed E-state index contributed by atoms with van der Waals surface area (Å²) in [7, 11) is 0. The molecule has 4 rings (SSSR count). The molecule has 1 fully saturated rings. The van der Waals surface area contributed by atoms with Crippen molar-refractivity contribution in [1.82, 2.24) is 9.88 Å². The zero-order valence-corrected chi connectivity index (χ0v) is 14.5. The summed E-state index contributed by atoms with van der Waals surface area (Å²) < 4.78 is 5.17. The van der Waals surface area contributed by atoms with Crippen LogP contribution in [-0.4, -0.2) is 53.0 Å². The normalized spacial score (nSPS) is 14.8. The molecule has 4 heterocycles. The van der Waals surface area contributed by atoms with Gasteiger partial charge in [0.15, 0.2) is 5.76 Å². The van der Waals surface area contributed by atoms with Crippen LogP contribution in [0.15, 0.2) is 35.1 Å². The molecule has 0 bridgehead atoms. The van der Waals surface area contributed by atoms with Crippen LogP contribution in [0.25, 0.3) is 10.2 Å². The Morgan fingerprint density at radius 1 is 1.23 bits per heavy atom. The number of hydrogen-bond acceptors (Lipinski definition) is 7. The van der Waals surface area contributed by atoms with E-state index in [0.29, 0.717) is 42.2 Å². The van der Waals surface area contributed by atoms with Crippen molar-refractivity contribution in [3.63, 3.8) is 0 Å². The highest BCUT2D eigenvalue weighted by Gasteiger charge is 2.26. The molecule has 1 aliphatic heterocycles. The van der Waals surface area contributed by atoms with Crippen LogP contribution < -0.4 is 10.6 Å². The molecule has 0 unspecified atom stereocenters. The van der Waals surface area contributed by atoms with Crippen molar-refractivity contribution >= 4 is 44.8 Å². The molecule has 0 radical (unpaired) electrons. The average Bonchev–Trinajstić information content (AvgIpc) is 3.30. The number of aromatic carboxylic acids is 1. The monoisotopic (exact) mass is 372 g/mol. The fourth-order valence-corrected chi connectivity index (χ4v) is 4.08. The number of carboxylic acids is 1. The Hall–Kier alpha value is -3.07. The number of carboxylic acid groups (broad SMARTS) is 1. The van der Waals surface area contributed by atoms with Gasteiger partial charge < -0.3 is 25.1 Å². The number of aromatic nitrogens is 1. The van der Waals surface area contributed by atoms with E-state index in [2.05, 4.69) is 9.88 Å². The number of nitrogens with zero attached hydrogens (tertiary/aromatic N) is 3. The molecule has 1 aliphatic rings. The molecule has 3 aromatic rings. The molecule has 1 saturated heterocycles. The number of carbonyl (C=O) groups excluding carboxylic acids is 1. The summed E-state index contributed by atoms with van der Waals surface area (Å²) in [6.45, 7) is 2.31. The third kappa shape index (κ3) is 2.66. The third-order valence-corrected chi connectivity index (χ3v) is 5.54. The first-order chi connectivity index (χ1) is 12.6. The standard InChI is InChI=1S/C17H16N4O4S/c18-13-12-10(3-4-19-15(12)26-14(13)17(23)24)20-5-7-21(8-6-20)16(22)11-2-1-9-25-11/h1-4,9H,5-8,18H2,(H,23,24). The highest BCUT2D eigenvalue weighted by Crippen LogP contribution is 2.38. The van der Waals surface area contributed by atoms with Crippen molar-refractivity contribution in [1.29, 1.82) is 0 Å². The number of nitrogen functional groups attached to an aromatic ring is 1. The predicted molar refractivity (Wildman–Crippen MR) is 97.8 cm³/mol. The molecule has 3 aromatic heterocycles. The maximum Gasteiger partial charge on any atom is 0.348 e. The quantitative estimate of drug-likeness (QED) is 0.724. The van der Waals surface area contributed by atoms with Crippen molar-refractivity contribution in [3.8, 4) is 0 Å². The van der Waals surface area contributed by atoms with Gasteiger partial charge in [-0.15, -0.1) is 11.3 Å². The highest BCUT2D eigenvalue weighted by atomic mass is 32.1. The van der Waals surface area contributed by atoms with Gasteiger partial charge in [0.1, 0.15) is 9.71 Å². The number of fused-ring (bicyclic) bond motifs is 1. The zero-order chi connectivity index (χ0) is 18.3. The molecule has 134 valence electrons. The maximum absolute atomic E-state index is 12.4. The smallest absolute Gasteiger partial charge is 0.348 e. The topological polar surface area (TPSA) is 113 Å². The molecule has 0 saturated carbocycles. The second kappa shape index (κ2) is 6.34. The van der Waals surface area contributed by atoms with Crippen LogP contribution in [0.4, 0.5) is 11.4 Å². The number of piperazine rings is 1. The van der Waals surface area contributed by atoms with Crippen LogP contribution in [0.3, 0.4) is 0 Å². The lowest BCUT2D eigenvalue weighted by atomic mass is 10.2. The number of rotatable bonds is 3. The summed E-state index contributed by atoms with van der Waals surface area (Å²) >= 11 is 1.07. The first kappa shape index (κ1) is 16.4. The van der Waals surface area contributed by atoms with Gasteiger partial charge in [0.05, 0.1) is 23.0 Å². The second-order valence-corrected chi connectivity index (χ2v) is 6.92. The number of hydrogen-bond donors (Lipinski definition) is 2. The van der Waals surface area contributed by atoms with Gasteiger partial charge in [-0.2, -0.15) is 0 Å². The van der Waals surface area contributed by atoms with Gasteiger partial charge >= 0.3 is 5.97 Å². The lowest BCUT2D eigenvalue weighted by Crippen LogP contribution is -2.48. The van der Waals surface area contributed by atoms with E-state index in [0.717, 1.165) is 17.0 Å². The minimum absolute atomic E-state index is 0.103. The lowest BCUT2D eigenvalue weighted by Gasteiger charge is -2.36. The summed E-state index contributed by atoms with van der Waals surface area (Å²) in [6.07, 6.45) is 3.14. The Balaban J connectivity index is 1.58. The Kier molecular flexibility index (Phi) is 4.00. The van der Waals surface area contributed by atoms with E-state index in [1.54, 1.807) is 23.2 Å². The molecule has 3 N–H and O–H groups in total. The third-order valence-electron chi connectivity index (χ3n) is 4.44. The van der Waals surface area contributed by atoms with Gasteiger partial charge in [0, 0.05) is 32.4 Å².